The first-order valence-electron chi connectivity index (χ1n) is 9.13. The van der Waals surface area contributed by atoms with E-state index in [2.05, 4.69) is 4.99 Å². The molecule has 142 valence electrons. The van der Waals surface area contributed by atoms with Crippen molar-refractivity contribution in [1.82, 2.24) is 4.98 Å². The van der Waals surface area contributed by atoms with Crippen molar-refractivity contribution in [2.45, 2.75) is 0 Å². The molecule has 0 saturated carbocycles. The highest BCUT2D eigenvalue weighted by atomic mass is 16.3. The van der Waals surface area contributed by atoms with Crippen molar-refractivity contribution in [2.24, 2.45) is 10.7 Å². The van der Waals surface area contributed by atoms with Crippen molar-refractivity contribution in [3.8, 4) is 33.8 Å². The number of benzene rings is 2. The van der Waals surface area contributed by atoms with E-state index in [0.29, 0.717) is 11.3 Å². The third-order valence-electron chi connectivity index (χ3n) is 4.59. The van der Waals surface area contributed by atoms with E-state index in [1.807, 2.05) is 66.9 Å². The van der Waals surface area contributed by atoms with Crippen LogP contribution in [0.2, 0.25) is 0 Å². The lowest BCUT2D eigenvalue weighted by atomic mass is 10.00. The summed E-state index contributed by atoms with van der Waals surface area (Å²) in [4.78, 5) is 20.2. The van der Waals surface area contributed by atoms with Crippen LogP contribution in [0, 0.1) is 0 Å². The predicted molar refractivity (Wildman–Crippen MR) is 115 cm³/mol. The Bertz CT molecular complexity index is 1160. The van der Waals surface area contributed by atoms with Crippen molar-refractivity contribution in [3.63, 3.8) is 0 Å². The average molecular weight is 381 g/mol. The fourth-order valence-electron chi connectivity index (χ4n) is 3.11. The minimum Gasteiger partial charge on any atom is -0.463 e. The molecule has 4 rings (SSSR count). The molecular weight excluding hydrogens is 362 g/mol. The number of primary amides is 1. The largest absolute Gasteiger partial charge is 0.463 e. The maximum atomic E-state index is 11.4. The predicted octanol–water partition coefficient (Wildman–Crippen LogP) is 4.82. The van der Waals surface area contributed by atoms with Gasteiger partial charge in [-0.15, -0.1) is 0 Å². The number of hydrogen-bond donors (Lipinski definition) is 1. The van der Waals surface area contributed by atoms with Crippen LogP contribution in [0.1, 0.15) is 15.9 Å². The van der Waals surface area contributed by atoms with Gasteiger partial charge in [0.1, 0.15) is 5.69 Å². The molecule has 5 nitrogen and oxygen atoms in total. The van der Waals surface area contributed by atoms with Crippen molar-refractivity contribution in [1.29, 1.82) is 0 Å². The van der Waals surface area contributed by atoms with Crippen LogP contribution in [0.25, 0.3) is 33.8 Å². The second-order valence-electron chi connectivity index (χ2n) is 6.55. The minimum absolute atomic E-state index is 0.445. The van der Waals surface area contributed by atoms with E-state index < -0.39 is 5.91 Å². The van der Waals surface area contributed by atoms with Gasteiger partial charge in [0.25, 0.3) is 0 Å². The number of nitrogens with two attached hydrogens (primary N) is 1. The Morgan fingerprint density at radius 1 is 0.931 bits per heavy atom. The van der Waals surface area contributed by atoms with Gasteiger partial charge < -0.3 is 10.2 Å². The zero-order valence-corrected chi connectivity index (χ0v) is 15.9. The summed E-state index contributed by atoms with van der Waals surface area (Å²) in [7, 11) is 1.75. The number of aromatic nitrogens is 1. The minimum atomic E-state index is -0.445. The molecule has 0 atom stereocenters. The fraction of sp³-hybridized carbons (Fsp3) is 0.0417. The molecule has 4 aromatic rings. The molecule has 0 unspecified atom stereocenters. The Morgan fingerprint density at radius 2 is 1.62 bits per heavy atom. The standard InChI is InChI=1S/C24H19N3O2/c1-26-15-16-4-6-18(7-5-16)21-13-20(14-22(27-21)23-3-2-12-29-23)17-8-10-19(11-9-17)24(25)28/h2-15H,1H3,(H2,25,28)/b26-15+. The number of hydrogen-bond acceptors (Lipinski definition) is 4. The SMILES string of the molecule is C/N=C/c1ccc(-c2cc(-c3ccc(C(N)=O)cc3)cc(-c3ccco3)n2)cc1. The number of carbonyl (C=O) groups is 1. The number of nitrogens with zero attached hydrogens (tertiary/aromatic N) is 2. The van der Waals surface area contributed by atoms with Gasteiger partial charge in [0.2, 0.25) is 5.91 Å². The van der Waals surface area contributed by atoms with Crippen LogP contribution in [0.5, 0.6) is 0 Å². The summed E-state index contributed by atoms with van der Waals surface area (Å²) in [6, 6.07) is 23.0. The van der Waals surface area contributed by atoms with Gasteiger partial charge in [-0.05, 0) is 53.1 Å². The molecule has 29 heavy (non-hydrogen) atoms. The molecule has 2 aromatic heterocycles. The summed E-state index contributed by atoms with van der Waals surface area (Å²) < 4.78 is 5.56. The average Bonchev–Trinajstić information content (AvgIpc) is 3.29. The number of rotatable bonds is 5. The molecule has 1 amide bonds. The molecule has 0 saturated heterocycles. The number of furan rings is 1. The highest BCUT2D eigenvalue weighted by Crippen LogP contribution is 2.30. The highest BCUT2D eigenvalue weighted by Gasteiger charge is 2.11. The number of aliphatic imine (C=N–C) groups is 1. The Labute approximate surface area is 168 Å². The Balaban J connectivity index is 1.82. The summed E-state index contributed by atoms with van der Waals surface area (Å²) in [5.41, 5.74) is 11.3. The molecule has 0 aliphatic carbocycles. The van der Waals surface area contributed by atoms with Crippen LogP contribution in [0.4, 0.5) is 0 Å². The van der Waals surface area contributed by atoms with Crippen LogP contribution in [0.15, 0.2) is 88.5 Å². The summed E-state index contributed by atoms with van der Waals surface area (Å²) in [6.07, 6.45) is 3.44. The van der Waals surface area contributed by atoms with Crippen molar-refractivity contribution >= 4 is 12.1 Å². The first-order valence-corrected chi connectivity index (χ1v) is 9.13. The van der Waals surface area contributed by atoms with Gasteiger partial charge in [-0.25, -0.2) is 4.98 Å². The van der Waals surface area contributed by atoms with E-state index in [-0.39, 0.29) is 0 Å². The van der Waals surface area contributed by atoms with Gasteiger partial charge in [-0.1, -0.05) is 36.4 Å². The molecule has 0 fully saturated rings. The monoisotopic (exact) mass is 381 g/mol. The van der Waals surface area contributed by atoms with E-state index in [1.54, 1.807) is 25.4 Å². The van der Waals surface area contributed by atoms with Gasteiger partial charge in [0.05, 0.1) is 12.0 Å². The van der Waals surface area contributed by atoms with E-state index >= 15 is 0 Å². The van der Waals surface area contributed by atoms with Crippen LogP contribution in [-0.2, 0) is 0 Å². The van der Waals surface area contributed by atoms with Gasteiger partial charge in [0, 0.05) is 24.4 Å². The van der Waals surface area contributed by atoms with Crippen LogP contribution in [0.3, 0.4) is 0 Å². The highest BCUT2D eigenvalue weighted by molar-refractivity contribution is 5.93. The number of amides is 1. The second-order valence-corrected chi connectivity index (χ2v) is 6.55. The molecule has 2 aromatic carbocycles. The Hall–Kier alpha value is -3.99. The van der Waals surface area contributed by atoms with E-state index in [9.17, 15) is 4.79 Å². The third kappa shape index (κ3) is 3.99. The summed E-state index contributed by atoms with van der Waals surface area (Å²) in [5.74, 6) is 0.246. The molecular formula is C24H19N3O2. The van der Waals surface area contributed by atoms with Gasteiger partial charge in [-0.3, -0.25) is 9.79 Å². The molecule has 0 aliphatic heterocycles. The Kier molecular flexibility index (Phi) is 5.03. The fourth-order valence-corrected chi connectivity index (χ4v) is 3.11. The summed E-state index contributed by atoms with van der Waals surface area (Å²) in [5, 5.41) is 0. The second kappa shape index (κ2) is 7.94. The molecule has 2 heterocycles. The maximum absolute atomic E-state index is 11.4. The summed E-state index contributed by atoms with van der Waals surface area (Å²) in [6.45, 7) is 0. The molecule has 0 aliphatic rings. The molecule has 2 N–H and O–H groups in total. The lowest BCUT2D eigenvalue weighted by molar-refractivity contribution is 0.100. The zero-order valence-electron chi connectivity index (χ0n) is 15.9. The first kappa shape index (κ1) is 18.4. The van der Waals surface area contributed by atoms with E-state index in [1.165, 1.54) is 0 Å². The molecule has 0 bridgehead atoms. The number of pyridine rings is 1. The Morgan fingerprint density at radius 3 is 2.24 bits per heavy atom. The van der Waals surface area contributed by atoms with Crippen LogP contribution in [-0.4, -0.2) is 24.2 Å². The van der Waals surface area contributed by atoms with Crippen molar-refractivity contribution < 1.29 is 9.21 Å². The number of carbonyl (C=O) groups excluding carboxylic acids is 1. The lowest BCUT2D eigenvalue weighted by Crippen LogP contribution is -2.10. The van der Waals surface area contributed by atoms with E-state index in [0.717, 1.165) is 33.6 Å². The third-order valence-corrected chi connectivity index (χ3v) is 4.59. The normalized spacial score (nSPS) is 11.1. The van der Waals surface area contributed by atoms with Gasteiger partial charge in [-0.2, -0.15) is 0 Å². The van der Waals surface area contributed by atoms with Gasteiger partial charge >= 0.3 is 0 Å². The summed E-state index contributed by atoms with van der Waals surface area (Å²) >= 11 is 0. The van der Waals surface area contributed by atoms with Crippen LogP contribution < -0.4 is 5.73 Å². The van der Waals surface area contributed by atoms with Crippen molar-refractivity contribution in [2.75, 3.05) is 7.05 Å². The maximum Gasteiger partial charge on any atom is 0.248 e. The van der Waals surface area contributed by atoms with Crippen molar-refractivity contribution in [3.05, 3.63) is 90.2 Å². The van der Waals surface area contributed by atoms with Crippen LogP contribution >= 0.6 is 0 Å². The molecule has 0 radical (unpaired) electrons. The lowest BCUT2D eigenvalue weighted by Gasteiger charge is -2.09. The molecule has 0 spiro atoms. The van der Waals surface area contributed by atoms with Gasteiger partial charge in [0.15, 0.2) is 5.76 Å². The quantitative estimate of drug-likeness (QED) is 0.503. The zero-order chi connectivity index (χ0) is 20.2. The topological polar surface area (TPSA) is 81.5 Å². The first-order chi connectivity index (χ1) is 14.1. The van der Waals surface area contributed by atoms with E-state index in [4.69, 9.17) is 15.1 Å². The molecule has 5 heteroatoms. The smallest absolute Gasteiger partial charge is 0.248 e.